The van der Waals surface area contributed by atoms with Crippen molar-refractivity contribution in [1.29, 1.82) is 0 Å². The van der Waals surface area contributed by atoms with Crippen molar-refractivity contribution in [1.82, 2.24) is 4.90 Å². The van der Waals surface area contributed by atoms with Crippen molar-refractivity contribution in [3.05, 3.63) is 0 Å². The molecule has 0 aromatic heterocycles. The molecular weight excluding hydrogens is 254 g/mol. The normalized spacial score (nSPS) is 15.0. The zero-order valence-electron chi connectivity index (χ0n) is 13.9. The number of nitrogens with zero attached hydrogens (tertiary/aromatic N) is 1. The van der Waals surface area contributed by atoms with E-state index in [9.17, 15) is 0 Å². The molecule has 4 N–H and O–H groups in total. The lowest BCUT2D eigenvalue weighted by atomic mass is 9.92. The van der Waals surface area contributed by atoms with Crippen LogP contribution in [0.5, 0.6) is 0 Å². The molecule has 0 aliphatic carbocycles. The fourth-order valence-electron chi connectivity index (χ4n) is 2.12. The first-order valence-electron chi connectivity index (χ1n) is 7.86. The summed E-state index contributed by atoms with van der Waals surface area (Å²) in [5.74, 6) is 0. The fourth-order valence-corrected chi connectivity index (χ4v) is 2.12. The average Bonchev–Trinajstić information content (AvgIpc) is 2.41. The zero-order chi connectivity index (χ0) is 15.4. The molecule has 0 heterocycles. The molecular formula is C15H35N3O2. The van der Waals surface area contributed by atoms with E-state index in [-0.39, 0.29) is 11.6 Å². The standard InChI is InChI=1S/C15H35N3O2/c1-5-9-19-12-15(4,11-18(6-2)7-3)13-20-10-8-14(16)17/h14H,5-13,16-17H2,1-4H3. The van der Waals surface area contributed by atoms with Gasteiger partial charge in [0.05, 0.1) is 19.4 Å². The summed E-state index contributed by atoms with van der Waals surface area (Å²) in [6.45, 7) is 14.6. The quantitative estimate of drug-likeness (QED) is 0.396. The van der Waals surface area contributed by atoms with Crippen LogP contribution in [0.15, 0.2) is 0 Å². The smallest absolute Gasteiger partial charge is 0.0554 e. The molecule has 0 radical (unpaired) electrons. The Morgan fingerprint density at radius 2 is 1.55 bits per heavy atom. The van der Waals surface area contributed by atoms with Gasteiger partial charge in [-0.1, -0.05) is 27.7 Å². The third kappa shape index (κ3) is 9.66. The van der Waals surface area contributed by atoms with Gasteiger partial charge >= 0.3 is 0 Å². The SMILES string of the molecule is CCCOCC(C)(COCCC(N)N)CN(CC)CC. The monoisotopic (exact) mass is 289 g/mol. The first-order valence-corrected chi connectivity index (χ1v) is 7.86. The summed E-state index contributed by atoms with van der Waals surface area (Å²) in [6.07, 6.45) is 1.45. The molecule has 0 aliphatic heterocycles. The summed E-state index contributed by atoms with van der Waals surface area (Å²) in [5, 5.41) is 0. The maximum atomic E-state index is 5.76. The summed E-state index contributed by atoms with van der Waals surface area (Å²) in [7, 11) is 0. The number of hydrogen-bond acceptors (Lipinski definition) is 5. The van der Waals surface area contributed by atoms with Crippen molar-refractivity contribution in [2.75, 3.05) is 46.1 Å². The van der Waals surface area contributed by atoms with Crippen molar-refractivity contribution in [2.45, 2.75) is 46.7 Å². The third-order valence-corrected chi connectivity index (χ3v) is 3.34. The Balaban J connectivity index is 4.28. The predicted octanol–water partition coefficient (Wildman–Crippen LogP) is 1.41. The maximum absolute atomic E-state index is 5.76. The van der Waals surface area contributed by atoms with Gasteiger partial charge in [-0.25, -0.2) is 0 Å². The van der Waals surface area contributed by atoms with E-state index in [1.54, 1.807) is 0 Å². The summed E-state index contributed by atoms with van der Waals surface area (Å²) in [4.78, 5) is 2.41. The maximum Gasteiger partial charge on any atom is 0.0554 e. The largest absolute Gasteiger partial charge is 0.381 e. The second kappa shape index (κ2) is 11.5. The Morgan fingerprint density at radius 1 is 1.00 bits per heavy atom. The van der Waals surface area contributed by atoms with Crippen LogP contribution in [0.25, 0.3) is 0 Å². The van der Waals surface area contributed by atoms with E-state index in [1.807, 2.05) is 0 Å². The third-order valence-electron chi connectivity index (χ3n) is 3.34. The topological polar surface area (TPSA) is 73.7 Å². The molecule has 0 spiro atoms. The Labute approximate surface area is 125 Å². The second-order valence-corrected chi connectivity index (χ2v) is 5.83. The predicted molar refractivity (Wildman–Crippen MR) is 84.6 cm³/mol. The van der Waals surface area contributed by atoms with Crippen molar-refractivity contribution < 1.29 is 9.47 Å². The lowest BCUT2D eigenvalue weighted by Crippen LogP contribution is -2.42. The molecule has 20 heavy (non-hydrogen) atoms. The van der Waals surface area contributed by atoms with Crippen LogP contribution in [0.1, 0.15) is 40.5 Å². The van der Waals surface area contributed by atoms with E-state index in [0.717, 1.165) is 39.3 Å². The van der Waals surface area contributed by atoms with E-state index in [2.05, 4.69) is 32.6 Å². The van der Waals surface area contributed by atoms with E-state index in [1.165, 1.54) is 0 Å². The molecule has 0 bridgehead atoms. The van der Waals surface area contributed by atoms with Crippen molar-refractivity contribution in [3.63, 3.8) is 0 Å². The van der Waals surface area contributed by atoms with Gasteiger partial charge in [0.15, 0.2) is 0 Å². The minimum atomic E-state index is -0.291. The Hall–Kier alpha value is -0.200. The van der Waals surface area contributed by atoms with Gasteiger partial charge < -0.3 is 25.8 Å². The van der Waals surface area contributed by atoms with E-state index >= 15 is 0 Å². The van der Waals surface area contributed by atoms with Crippen LogP contribution in [0.2, 0.25) is 0 Å². The highest BCUT2D eigenvalue weighted by atomic mass is 16.5. The van der Waals surface area contributed by atoms with Gasteiger partial charge in [0.1, 0.15) is 0 Å². The van der Waals surface area contributed by atoms with Crippen LogP contribution in [-0.4, -0.2) is 57.1 Å². The molecule has 1 unspecified atom stereocenters. The lowest BCUT2D eigenvalue weighted by Gasteiger charge is -2.34. The minimum Gasteiger partial charge on any atom is -0.381 e. The van der Waals surface area contributed by atoms with E-state index < -0.39 is 0 Å². The highest BCUT2D eigenvalue weighted by molar-refractivity contribution is 4.78. The van der Waals surface area contributed by atoms with Crippen molar-refractivity contribution in [3.8, 4) is 0 Å². The summed E-state index contributed by atoms with van der Waals surface area (Å²) in [5.41, 5.74) is 11.1. The van der Waals surface area contributed by atoms with Crippen LogP contribution in [0, 0.1) is 5.41 Å². The summed E-state index contributed by atoms with van der Waals surface area (Å²) < 4.78 is 11.5. The molecule has 0 rings (SSSR count). The van der Waals surface area contributed by atoms with Gasteiger partial charge in [-0.2, -0.15) is 0 Å². The Kier molecular flexibility index (Phi) is 11.3. The van der Waals surface area contributed by atoms with Gasteiger partial charge in [-0.3, -0.25) is 0 Å². The molecule has 0 saturated carbocycles. The molecule has 122 valence electrons. The molecule has 0 saturated heterocycles. The highest BCUT2D eigenvalue weighted by Gasteiger charge is 2.27. The molecule has 0 aliphatic rings. The van der Waals surface area contributed by atoms with Crippen molar-refractivity contribution in [2.24, 2.45) is 16.9 Å². The molecule has 0 fully saturated rings. The van der Waals surface area contributed by atoms with Crippen LogP contribution in [0.4, 0.5) is 0 Å². The zero-order valence-corrected chi connectivity index (χ0v) is 13.9. The Bertz CT molecular complexity index is 223. The number of nitrogens with two attached hydrogens (primary N) is 2. The number of ether oxygens (including phenoxy) is 2. The van der Waals surface area contributed by atoms with E-state index in [0.29, 0.717) is 19.6 Å². The number of rotatable bonds is 13. The molecule has 1 atom stereocenters. The fraction of sp³-hybridized carbons (Fsp3) is 1.00. The van der Waals surface area contributed by atoms with Gasteiger partial charge in [0.25, 0.3) is 0 Å². The first-order chi connectivity index (χ1) is 9.47. The van der Waals surface area contributed by atoms with Gasteiger partial charge in [-0.05, 0) is 25.9 Å². The van der Waals surface area contributed by atoms with Crippen LogP contribution >= 0.6 is 0 Å². The average molecular weight is 289 g/mol. The minimum absolute atomic E-state index is 0.0138. The second-order valence-electron chi connectivity index (χ2n) is 5.83. The van der Waals surface area contributed by atoms with Gasteiger partial charge in [0.2, 0.25) is 0 Å². The lowest BCUT2D eigenvalue weighted by molar-refractivity contribution is -0.0301. The molecule has 5 heteroatoms. The van der Waals surface area contributed by atoms with Crippen LogP contribution in [-0.2, 0) is 9.47 Å². The number of hydrogen-bond donors (Lipinski definition) is 2. The summed E-state index contributed by atoms with van der Waals surface area (Å²) in [6, 6.07) is 0. The molecule has 0 aromatic rings. The molecule has 0 amide bonds. The Morgan fingerprint density at radius 3 is 2.00 bits per heavy atom. The highest BCUT2D eigenvalue weighted by Crippen LogP contribution is 2.20. The van der Waals surface area contributed by atoms with E-state index in [4.69, 9.17) is 20.9 Å². The first kappa shape index (κ1) is 19.8. The van der Waals surface area contributed by atoms with Gasteiger partial charge in [0, 0.05) is 25.2 Å². The summed E-state index contributed by atoms with van der Waals surface area (Å²) >= 11 is 0. The van der Waals surface area contributed by atoms with Crippen LogP contribution < -0.4 is 11.5 Å². The van der Waals surface area contributed by atoms with Gasteiger partial charge in [-0.15, -0.1) is 0 Å². The molecule has 5 nitrogen and oxygen atoms in total. The van der Waals surface area contributed by atoms with Crippen molar-refractivity contribution >= 4 is 0 Å². The molecule has 0 aromatic carbocycles. The van der Waals surface area contributed by atoms with Crippen LogP contribution in [0.3, 0.4) is 0 Å².